The lowest BCUT2D eigenvalue weighted by Gasteiger charge is -2.14. The average Bonchev–Trinajstić information content (AvgIpc) is 2.44. The quantitative estimate of drug-likeness (QED) is 0.662. The topological polar surface area (TPSA) is 55.1 Å². The SMILES string of the molecule is Cc1ccc(SC(C)C(=O)Nc2ccccc2N)c(C)c1. The molecular formula is C17H20N2OS. The van der Waals surface area contributed by atoms with E-state index in [-0.39, 0.29) is 11.2 Å². The third kappa shape index (κ3) is 4.02. The third-order valence-electron chi connectivity index (χ3n) is 3.22. The van der Waals surface area contributed by atoms with Crippen LogP contribution in [0.3, 0.4) is 0 Å². The highest BCUT2D eigenvalue weighted by Gasteiger charge is 2.16. The van der Waals surface area contributed by atoms with Crippen LogP contribution in [0.1, 0.15) is 18.1 Å². The van der Waals surface area contributed by atoms with Gasteiger partial charge in [0, 0.05) is 4.90 Å². The number of anilines is 2. The Labute approximate surface area is 129 Å². The second-order valence-electron chi connectivity index (χ2n) is 5.11. The van der Waals surface area contributed by atoms with Crippen molar-refractivity contribution in [2.75, 3.05) is 11.1 Å². The molecule has 1 unspecified atom stereocenters. The number of rotatable bonds is 4. The Morgan fingerprint density at radius 1 is 1.19 bits per heavy atom. The van der Waals surface area contributed by atoms with Crippen molar-refractivity contribution in [2.45, 2.75) is 30.9 Å². The molecule has 0 aliphatic carbocycles. The molecule has 1 atom stereocenters. The minimum absolute atomic E-state index is 0.0436. The molecule has 0 radical (unpaired) electrons. The Balaban J connectivity index is 2.04. The van der Waals surface area contributed by atoms with Gasteiger partial charge >= 0.3 is 0 Å². The summed E-state index contributed by atoms with van der Waals surface area (Å²) < 4.78 is 0. The van der Waals surface area contributed by atoms with Crippen LogP contribution in [0.15, 0.2) is 47.4 Å². The molecule has 0 aliphatic heterocycles. The number of nitrogens with one attached hydrogen (secondary N) is 1. The van der Waals surface area contributed by atoms with E-state index < -0.39 is 0 Å². The molecule has 0 aliphatic rings. The van der Waals surface area contributed by atoms with Crippen LogP contribution in [0.5, 0.6) is 0 Å². The van der Waals surface area contributed by atoms with Gasteiger partial charge in [-0.15, -0.1) is 11.8 Å². The number of hydrogen-bond acceptors (Lipinski definition) is 3. The van der Waals surface area contributed by atoms with Crippen LogP contribution in [0.2, 0.25) is 0 Å². The highest BCUT2D eigenvalue weighted by atomic mass is 32.2. The molecule has 1 amide bonds. The van der Waals surface area contributed by atoms with E-state index >= 15 is 0 Å². The summed E-state index contributed by atoms with van der Waals surface area (Å²) in [7, 11) is 0. The van der Waals surface area contributed by atoms with Crippen LogP contribution in [-0.2, 0) is 4.79 Å². The molecule has 3 nitrogen and oxygen atoms in total. The summed E-state index contributed by atoms with van der Waals surface area (Å²) in [5, 5.41) is 2.69. The van der Waals surface area contributed by atoms with Crippen molar-refractivity contribution >= 4 is 29.0 Å². The van der Waals surface area contributed by atoms with Gasteiger partial charge in [0.15, 0.2) is 0 Å². The van der Waals surface area contributed by atoms with Crippen LogP contribution in [0.4, 0.5) is 11.4 Å². The Morgan fingerprint density at radius 3 is 2.57 bits per heavy atom. The zero-order valence-electron chi connectivity index (χ0n) is 12.5. The lowest BCUT2D eigenvalue weighted by Crippen LogP contribution is -2.23. The fraction of sp³-hybridized carbons (Fsp3) is 0.235. The summed E-state index contributed by atoms with van der Waals surface area (Å²) in [5.74, 6) is -0.0436. The maximum absolute atomic E-state index is 12.3. The van der Waals surface area contributed by atoms with Crippen LogP contribution in [0.25, 0.3) is 0 Å². The smallest absolute Gasteiger partial charge is 0.237 e. The van der Waals surface area contributed by atoms with E-state index in [0.29, 0.717) is 11.4 Å². The summed E-state index contributed by atoms with van der Waals surface area (Å²) in [6.45, 7) is 6.03. The monoisotopic (exact) mass is 300 g/mol. The van der Waals surface area contributed by atoms with Gasteiger partial charge in [0.05, 0.1) is 16.6 Å². The summed E-state index contributed by atoms with van der Waals surface area (Å²) in [5.41, 5.74) is 9.50. The van der Waals surface area contributed by atoms with Gasteiger partial charge in [-0.1, -0.05) is 29.8 Å². The summed E-state index contributed by atoms with van der Waals surface area (Å²) in [6, 6.07) is 13.5. The summed E-state index contributed by atoms with van der Waals surface area (Å²) in [6.07, 6.45) is 0. The van der Waals surface area contributed by atoms with Crippen molar-refractivity contribution in [3.63, 3.8) is 0 Å². The molecule has 0 bridgehead atoms. The number of hydrogen-bond donors (Lipinski definition) is 2. The molecule has 4 heteroatoms. The van der Waals surface area contributed by atoms with Crippen molar-refractivity contribution < 1.29 is 4.79 Å². The molecule has 0 heterocycles. The number of nitrogen functional groups attached to an aromatic ring is 1. The van der Waals surface area contributed by atoms with Crippen LogP contribution in [-0.4, -0.2) is 11.2 Å². The molecule has 0 spiro atoms. The summed E-state index contributed by atoms with van der Waals surface area (Å²) in [4.78, 5) is 13.4. The molecule has 110 valence electrons. The lowest BCUT2D eigenvalue weighted by molar-refractivity contribution is -0.115. The first-order chi connectivity index (χ1) is 9.97. The minimum Gasteiger partial charge on any atom is -0.397 e. The fourth-order valence-electron chi connectivity index (χ4n) is 2.02. The van der Waals surface area contributed by atoms with Crippen LogP contribution >= 0.6 is 11.8 Å². The Hall–Kier alpha value is -1.94. The lowest BCUT2D eigenvalue weighted by atomic mass is 10.2. The number of para-hydroxylation sites is 2. The maximum atomic E-state index is 12.3. The third-order valence-corrected chi connectivity index (χ3v) is 4.50. The Morgan fingerprint density at radius 2 is 1.90 bits per heavy atom. The van der Waals surface area contributed by atoms with Crippen LogP contribution < -0.4 is 11.1 Å². The number of carbonyl (C=O) groups is 1. The van der Waals surface area contributed by atoms with E-state index in [2.05, 4.69) is 37.4 Å². The van der Waals surface area contributed by atoms with Gasteiger partial charge in [-0.2, -0.15) is 0 Å². The molecule has 0 fully saturated rings. The van der Waals surface area contributed by atoms with E-state index in [9.17, 15) is 4.79 Å². The average molecular weight is 300 g/mol. The fourth-order valence-corrected chi connectivity index (χ4v) is 2.96. The normalized spacial score (nSPS) is 12.0. The zero-order chi connectivity index (χ0) is 15.4. The number of amides is 1. The summed E-state index contributed by atoms with van der Waals surface area (Å²) >= 11 is 1.56. The van der Waals surface area contributed by atoms with E-state index in [1.807, 2.05) is 25.1 Å². The first-order valence-corrected chi connectivity index (χ1v) is 7.74. The van der Waals surface area contributed by atoms with Gasteiger partial charge in [-0.25, -0.2) is 0 Å². The predicted molar refractivity (Wildman–Crippen MR) is 90.7 cm³/mol. The van der Waals surface area contributed by atoms with E-state index in [0.717, 1.165) is 4.90 Å². The van der Waals surface area contributed by atoms with Crippen molar-refractivity contribution in [3.8, 4) is 0 Å². The first-order valence-electron chi connectivity index (χ1n) is 6.86. The highest BCUT2D eigenvalue weighted by molar-refractivity contribution is 8.00. The molecule has 2 rings (SSSR count). The van der Waals surface area contributed by atoms with Gasteiger partial charge in [0.2, 0.25) is 5.91 Å². The van der Waals surface area contributed by atoms with Crippen molar-refractivity contribution in [3.05, 3.63) is 53.6 Å². The highest BCUT2D eigenvalue weighted by Crippen LogP contribution is 2.28. The number of aryl methyl sites for hydroxylation is 2. The van der Waals surface area contributed by atoms with E-state index in [4.69, 9.17) is 5.73 Å². The second-order valence-corrected chi connectivity index (χ2v) is 6.49. The maximum Gasteiger partial charge on any atom is 0.237 e. The Kier molecular flexibility index (Phi) is 4.91. The molecule has 2 aromatic rings. The Bertz CT molecular complexity index is 655. The van der Waals surface area contributed by atoms with E-state index in [1.165, 1.54) is 11.1 Å². The molecule has 0 saturated carbocycles. The van der Waals surface area contributed by atoms with Gasteiger partial charge in [-0.3, -0.25) is 4.79 Å². The van der Waals surface area contributed by atoms with Gasteiger partial charge < -0.3 is 11.1 Å². The standard InChI is InChI=1S/C17H20N2OS/c1-11-8-9-16(12(2)10-11)21-13(3)17(20)19-15-7-5-4-6-14(15)18/h4-10,13H,18H2,1-3H3,(H,19,20). The van der Waals surface area contributed by atoms with Crippen LogP contribution in [0, 0.1) is 13.8 Å². The minimum atomic E-state index is -0.189. The number of carbonyl (C=O) groups excluding carboxylic acids is 1. The molecule has 21 heavy (non-hydrogen) atoms. The van der Waals surface area contributed by atoms with Gasteiger partial charge in [0.1, 0.15) is 0 Å². The number of thioether (sulfide) groups is 1. The molecule has 0 saturated heterocycles. The van der Waals surface area contributed by atoms with Crippen molar-refractivity contribution in [2.24, 2.45) is 0 Å². The molecule has 0 aromatic heterocycles. The second kappa shape index (κ2) is 6.68. The molecule has 3 N–H and O–H groups in total. The van der Waals surface area contributed by atoms with Gasteiger partial charge in [-0.05, 0) is 44.5 Å². The van der Waals surface area contributed by atoms with Crippen molar-refractivity contribution in [1.82, 2.24) is 0 Å². The molecule has 2 aromatic carbocycles. The number of benzene rings is 2. The zero-order valence-corrected chi connectivity index (χ0v) is 13.3. The first kappa shape index (κ1) is 15.4. The number of nitrogens with two attached hydrogens (primary N) is 1. The van der Waals surface area contributed by atoms with Crippen molar-refractivity contribution in [1.29, 1.82) is 0 Å². The van der Waals surface area contributed by atoms with Gasteiger partial charge in [0.25, 0.3) is 0 Å². The predicted octanol–water partition coefficient (Wildman–Crippen LogP) is 4.00. The van der Waals surface area contributed by atoms with E-state index in [1.54, 1.807) is 17.8 Å². The molecular weight excluding hydrogens is 280 g/mol. The largest absolute Gasteiger partial charge is 0.397 e.